The van der Waals surface area contributed by atoms with Crippen molar-refractivity contribution in [3.05, 3.63) is 48.5 Å². The second kappa shape index (κ2) is 8.68. The van der Waals surface area contributed by atoms with Crippen LogP contribution in [0.5, 0.6) is 11.5 Å². The maximum atomic E-state index is 13.1. The Morgan fingerprint density at radius 2 is 1.61 bits per heavy atom. The predicted octanol–water partition coefficient (Wildman–Crippen LogP) is 1.49. The van der Waals surface area contributed by atoms with Crippen LogP contribution >= 0.6 is 0 Å². The molecular formula is C23H25N3O6S. The normalized spacial score (nSPS) is 21.3. The second-order valence-corrected chi connectivity index (χ2v) is 10.2. The number of anilines is 1. The van der Waals surface area contributed by atoms with Crippen LogP contribution in [0.1, 0.15) is 12.8 Å². The molecule has 174 valence electrons. The van der Waals surface area contributed by atoms with Gasteiger partial charge in [0.05, 0.1) is 4.90 Å². The van der Waals surface area contributed by atoms with E-state index in [0.29, 0.717) is 30.2 Å². The van der Waals surface area contributed by atoms with Crippen LogP contribution < -0.4 is 14.4 Å². The van der Waals surface area contributed by atoms with Crippen LogP contribution in [0, 0.1) is 0 Å². The number of ether oxygens (including phenoxy) is 2. The fraction of sp³-hybridized carbons (Fsp3) is 0.391. The minimum absolute atomic E-state index is 0.0576. The average molecular weight is 472 g/mol. The average Bonchev–Trinajstić information content (AvgIpc) is 3.29. The Labute approximate surface area is 192 Å². The molecule has 1 atom stereocenters. The van der Waals surface area contributed by atoms with Gasteiger partial charge in [0.25, 0.3) is 5.91 Å². The fourth-order valence-corrected chi connectivity index (χ4v) is 5.78. The molecule has 0 N–H and O–H groups in total. The molecule has 9 nitrogen and oxygen atoms in total. The smallest absolute Gasteiger partial charge is 0.267 e. The van der Waals surface area contributed by atoms with Gasteiger partial charge in [-0.3, -0.25) is 9.59 Å². The largest absolute Gasteiger partial charge is 0.485 e. The number of sulfonamides is 1. The van der Waals surface area contributed by atoms with Crippen molar-refractivity contribution in [1.82, 2.24) is 9.21 Å². The van der Waals surface area contributed by atoms with E-state index in [1.807, 2.05) is 12.1 Å². The molecule has 2 saturated heterocycles. The molecule has 10 heteroatoms. The standard InChI is InChI=1S/C23H25N3O6S/c27-22-6-3-11-26(22)17-7-9-18(10-8-17)33(29,30)25-14-12-24(13-15-25)23(28)21-16-31-19-4-1-2-5-20(19)32-21/h1-2,4-5,7-10,21H,3,6,11-16H2. The Hall–Kier alpha value is -3.11. The highest BCUT2D eigenvalue weighted by Gasteiger charge is 2.35. The van der Waals surface area contributed by atoms with E-state index in [4.69, 9.17) is 9.47 Å². The maximum Gasteiger partial charge on any atom is 0.267 e. The summed E-state index contributed by atoms with van der Waals surface area (Å²) in [5.41, 5.74) is 0.711. The molecule has 33 heavy (non-hydrogen) atoms. The minimum Gasteiger partial charge on any atom is -0.485 e. The molecule has 0 radical (unpaired) electrons. The SMILES string of the molecule is O=C(C1COc2ccccc2O1)N1CCN(S(=O)(=O)c2ccc(N3CCCC3=O)cc2)CC1. The zero-order chi connectivity index (χ0) is 23.0. The Bertz CT molecular complexity index is 1160. The molecule has 0 spiro atoms. The predicted molar refractivity (Wildman–Crippen MR) is 120 cm³/mol. The number of hydrogen-bond acceptors (Lipinski definition) is 6. The third-order valence-corrected chi connectivity index (χ3v) is 8.11. The van der Waals surface area contributed by atoms with Crippen molar-refractivity contribution >= 4 is 27.5 Å². The topological polar surface area (TPSA) is 96.5 Å². The monoisotopic (exact) mass is 471 g/mol. The zero-order valence-electron chi connectivity index (χ0n) is 18.1. The molecule has 3 aliphatic rings. The highest BCUT2D eigenvalue weighted by atomic mass is 32.2. The van der Waals surface area contributed by atoms with E-state index in [1.165, 1.54) is 4.31 Å². The lowest BCUT2D eigenvalue weighted by Crippen LogP contribution is -2.55. The van der Waals surface area contributed by atoms with Crippen molar-refractivity contribution in [3.8, 4) is 11.5 Å². The molecule has 2 amide bonds. The number of fused-ring (bicyclic) bond motifs is 1. The minimum atomic E-state index is -3.69. The van der Waals surface area contributed by atoms with Gasteiger partial charge in [0.15, 0.2) is 11.5 Å². The lowest BCUT2D eigenvalue weighted by molar-refractivity contribution is -0.142. The molecule has 3 aliphatic heterocycles. The second-order valence-electron chi connectivity index (χ2n) is 8.24. The molecule has 0 saturated carbocycles. The molecule has 2 aromatic rings. The summed E-state index contributed by atoms with van der Waals surface area (Å²) in [6.45, 7) is 1.73. The molecule has 0 bridgehead atoms. The zero-order valence-corrected chi connectivity index (χ0v) is 18.9. The van der Waals surface area contributed by atoms with Gasteiger partial charge in [0.2, 0.25) is 22.0 Å². The van der Waals surface area contributed by atoms with Crippen molar-refractivity contribution in [2.75, 3.05) is 44.2 Å². The van der Waals surface area contributed by atoms with Gasteiger partial charge in [0.1, 0.15) is 6.61 Å². The lowest BCUT2D eigenvalue weighted by Gasteiger charge is -2.36. The summed E-state index contributed by atoms with van der Waals surface area (Å²) < 4.78 is 39.0. The molecule has 3 heterocycles. The van der Waals surface area contributed by atoms with Gasteiger partial charge in [-0.2, -0.15) is 4.31 Å². The summed E-state index contributed by atoms with van der Waals surface area (Å²) in [4.78, 5) is 28.3. The molecule has 0 aromatic heterocycles. The molecule has 1 unspecified atom stereocenters. The van der Waals surface area contributed by atoms with E-state index in [2.05, 4.69) is 0 Å². The van der Waals surface area contributed by atoms with Crippen LogP contribution in [0.3, 0.4) is 0 Å². The van der Waals surface area contributed by atoms with Crippen LogP contribution in [0.25, 0.3) is 0 Å². The van der Waals surface area contributed by atoms with Crippen LogP contribution in [0.15, 0.2) is 53.4 Å². The van der Waals surface area contributed by atoms with Crippen molar-refractivity contribution in [2.24, 2.45) is 0 Å². The lowest BCUT2D eigenvalue weighted by atomic mass is 10.2. The van der Waals surface area contributed by atoms with Crippen molar-refractivity contribution < 1.29 is 27.5 Å². The number of nitrogens with zero attached hydrogens (tertiary/aromatic N) is 3. The third-order valence-electron chi connectivity index (χ3n) is 6.19. The molecule has 0 aliphatic carbocycles. The number of piperazine rings is 1. The first-order valence-electron chi connectivity index (χ1n) is 11.0. The van der Waals surface area contributed by atoms with E-state index in [1.54, 1.807) is 46.2 Å². The Kier molecular flexibility index (Phi) is 5.71. The summed E-state index contributed by atoms with van der Waals surface area (Å²) in [6.07, 6.45) is 0.587. The Morgan fingerprint density at radius 1 is 0.909 bits per heavy atom. The first kappa shape index (κ1) is 21.7. The number of benzene rings is 2. The van der Waals surface area contributed by atoms with Gasteiger partial charge < -0.3 is 19.3 Å². The summed E-state index contributed by atoms with van der Waals surface area (Å²) in [7, 11) is -3.69. The molecule has 2 aromatic carbocycles. The summed E-state index contributed by atoms with van der Waals surface area (Å²) in [5, 5.41) is 0. The molecule has 5 rings (SSSR count). The summed E-state index contributed by atoms with van der Waals surface area (Å²) in [6, 6.07) is 13.6. The first-order chi connectivity index (χ1) is 15.9. The van der Waals surface area contributed by atoms with E-state index in [9.17, 15) is 18.0 Å². The van der Waals surface area contributed by atoms with Gasteiger partial charge in [-0.25, -0.2) is 8.42 Å². The number of amides is 2. The summed E-state index contributed by atoms with van der Waals surface area (Å²) >= 11 is 0. The van der Waals surface area contributed by atoms with E-state index in [0.717, 1.165) is 6.42 Å². The van der Waals surface area contributed by atoms with E-state index >= 15 is 0 Å². The Morgan fingerprint density at radius 3 is 2.27 bits per heavy atom. The number of rotatable bonds is 4. The van der Waals surface area contributed by atoms with E-state index in [-0.39, 0.29) is 49.5 Å². The number of carbonyl (C=O) groups excluding carboxylic acids is 2. The van der Waals surface area contributed by atoms with Crippen LogP contribution in [0.4, 0.5) is 5.69 Å². The number of para-hydroxylation sites is 2. The van der Waals surface area contributed by atoms with Crippen LogP contribution in [-0.4, -0.2) is 74.9 Å². The van der Waals surface area contributed by atoms with Crippen molar-refractivity contribution in [1.29, 1.82) is 0 Å². The first-order valence-corrected chi connectivity index (χ1v) is 12.5. The van der Waals surface area contributed by atoms with Gasteiger partial charge in [-0.1, -0.05) is 12.1 Å². The number of carbonyl (C=O) groups is 2. The van der Waals surface area contributed by atoms with Gasteiger partial charge in [0, 0.05) is 44.8 Å². The highest BCUT2D eigenvalue weighted by Crippen LogP contribution is 2.31. The van der Waals surface area contributed by atoms with Gasteiger partial charge in [-0.05, 0) is 42.8 Å². The van der Waals surface area contributed by atoms with Crippen molar-refractivity contribution in [2.45, 2.75) is 23.8 Å². The quantitative estimate of drug-likeness (QED) is 0.670. The van der Waals surface area contributed by atoms with Gasteiger partial charge >= 0.3 is 0 Å². The van der Waals surface area contributed by atoms with E-state index < -0.39 is 16.1 Å². The third kappa shape index (κ3) is 4.16. The fourth-order valence-electron chi connectivity index (χ4n) is 4.36. The Balaban J connectivity index is 1.20. The van der Waals surface area contributed by atoms with Crippen molar-refractivity contribution in [3.63, 3.8) is 0 Å². The van der Waals surface area contributed by atoms with Gasteiger partial charge in [-0.15, -0.1) is 0 Å². The molecule has 2 fully saturated rings. The molecular weight excluding hydrogens is 446 g/mol. The van der Waals surface area contributed by atoms with Crippen LogP contribution in [-0.2, 0) is 19.6 Å². The maximum absolute atomic E-state index is 13.1. The van der Waals surface area contributed by atoms with Crippen LogP contribution in [0.2, 0.25) is 0 Å². The highest BCUT2D eigenvalue weighted by molar-refractivity contribution is 7.89. The number of hydrogen-bond donors (Lipinski definition) is 0. The summed E-state index contributed by atoms with van der Waals surface area (Å²) in [5.74, 6) is 0.989.